The molecule has 3 heterocycles. The number of rotatable bonds is 6. The van der Waals surface area contributed by atoms with Crippen LogP contribution in [0.25, 0.3) is 0 Å². The first kappa shape index (κ1) is 15.7. The number of morpholine rings is 1. The Kier molecular flexibility index (Phi) is 5.31. The first-order valence-electron chi connectivity index (χ1n) is 7.94. The Labute approximate surface area is 136 Å². The van der Waals surface area contributed by atoms with E-state index in [0.29, 0.717) is 12.1 Å². The molecular weight excluding hydrogens is 294 g/mol. The van der Waals surface area contributed by atoms with Gasteiger partial charge in [0.1, 0.15) is 0 Å². The van der Waals surface area contributed by atoms with Gasteiger partial charge in [-0.3, -0.25) is 4.90 Å². The van der Waals surface area contributed by atoms with Crippen molar-refractivity contribution in [1.82, 2.24) is 14.8 Å². The van der Waals surface area contributed by atoms with E-state index in [1.165, 1.54) is 10.6 Å². The number of nitrogens with one attached hydrogen (secondary N) is 1. The number of nitrogens with zero attached hydrogens (tertiary/aromatic N) is 2. The van der Waals surface area contributed by atoms with E-state index in [0.717, 1.165) is 32.8 Å². The molecule has 1 aliphatic heterocycles. The molecule has 0 radical (unpaired) electrons. The van der Waals surface area contributed by atoms with Gasteiger partial charge < -0.3 is 14.6 Å². The van der Waals surface area contributed by atoms with Crippen molar-refractivity contribution in [3.8, 4) is 0 Å². The molecule has 2 aromatic heterocycles. The fraction of sp³-hybridized carbons (Fsp3) is 0.529. The van der Waals surface area contributed by atoms with Gasteiger partial charge in [0.05, 0.1) is 18.8 Å². The zero-order valence-electron chi connectivity index (χ0n) is 13.4. The lowest BCUT2D eigenvalue weighted by Gasteiger charge is -2.37. The molecule has 1 N–H and O–H groups in total. The first-order valence-corrected chi connectivity index (χ1v) is 8.82. The van der Waals surface area contributed by atoms with Gasteiger partial charge in [-0.15, -0.1) is 11.3 Å². The number of ether oxygens (including phenoxy) is 1. The van der Waals surface area contributed by atoms with Crippen molar-refractivity contribution in [2.75, 3.05) is 26.2 Å². The van der Waals surface area contributed by atoms with Crippen LogP contribution >= 0.6 is 11.3 Å². The van der Waals surface area contributed by atoms with Crippen molar-refractivity contribution in [1.29, 1.82) is 0 Å². The summed E-state index contributed by atoms with van der Waals surface area (Å²) in [5.41, 5.74) is 1.32. The minimum atomic E-state index is 0.323. The molecule has 1 saturated heterocycles. The van der Waals surface area contributed by atoms with Gasteiger partial charge in [-0.25, -0.2) is 0 Å². The van der Waals surface area contributed by atoms with Crippen molar-refractivity contribution in [3.05, 3.63) is 46.4 Å². The van der Waals surface area contributed by atoms with Crippen molar-refractivity contribution in [3.63, 3.8) is 0 Å². The zero-order valence-corrected chi connectivity index (χ0v) is 14.2. The molecule has 0 aliphatic carbocycles. The van der Waals surface area contributed by atoms with E-state index in [9.17, 15) is 0 Å². The molecule has 1 fully saturated rings. The second-order valence-electron chi connectivity index (χ2n) is 5.95. The van der Waals surface area contributed by atoms with Crippen molar-refractivity contribution >= 4 is 11.3 Å². The van der Waals surface area contributed by atoms with E-state index >= 15 is 0 Å². The lowest BCUT2D eigenvalue weighted by molar-refractivity contribution is -0.0339. The summed E-state index contributed by atoms with van der Waals surface area (Å²) in [6, 6.07) is 9.10. The monoisotopic (exact) mass is 319 g/mol. The predicted octanol–water partition coefficient (Wildman–Crippen LogP) is 2.64. The van der Waals surface area contributed by atoms with Crippen LogP contribution in [-0.4, -0.2) is 41.8 Å². The summed E-state index contributed by atoms with van der Waals surface area (Å²) in [5, 5.41) is 5.80. The van der Waals surface area contributed by atoms with E-state index in [1.54, 1.807) is 0 Å². The Morgan fingerprint density at radius 3 is 3.00 bits per heavy atom. The fourth-order valence-corrected chi connectivity index (χ4v) is 3.90. The summed E-state index contributed by atoms with van der Waals surface area (Å²) in [4.78, 5) is 3.99. The molecule has 22 heavy (non-hydrogen) atoms. The average Bonchev–Trinajstić information content (AvgIpc) is 3.16. The average molecular weight is 319 g/mol. The summed E-state index contributed by atoms with van der Waals surface area (Å²) >= 11 is 1.85. The number of hydrogen-bond donors (Lipinski definition) is 1. The maximum absolute atomic E-state index is 5.69. The highest BCUT2D eigenvalue weighted by atomic mass is 32.1. The molecule has 120 valence electrons. The highest BCUT2D eigenvalue weighted by Crippen LogP contribution is 2.26. The Morgan fingerprint density at radius 1 is 1.41 bits per heavy atom. The molecule has 0 amide bonds. The molecule has 0 saturated carbocycles. The third-order valence-electron chi connectivity index (χ3n) is 4.28. The van der Waals surface area contributed by atoms with Crippen LogP contribution in [0.15, 0.2) is 35.8 Å². The second-order valence-corrected chi connectivity index (χ2v) is 6.93. The summed E-state index contributed by atoms with van der Waals surface area (Å²) in [6.45, 7) is 6.90. The Bertz CT molecular complexity index is 566. The van der Waals surface area contributed by atoms with Gasteiger partial charge in [0.25, 0.3) is 0 Å². The van der Waals surface area contributed by atoms with Crippen molar-refractivity contribution in [2.24, 2.45) is 7.05 Å². The van der Waals surface area contributed by atoms with Gasteiger partial charge in [-0.05, 0) is 30.5 Å². The third-order valence-corrected chi connectivity index (χ3v) is 5.25. The third kappa shape index (κ3) is 3.79. The van der Waals surface area contributed by atoms with Crippen LogP contribution in [0.2, 0.25) is 0 Å². The second kappa shape index (κ2) is 7.42. The Morgan fingerprint density at radius 2 is 2.32 bits per heavy atom. The van der Waals surface area contributed by atoms with E-state index in [1.807, 2.05) is 11.3 Å². The Hall–Kier alpha value is -1.14. The van der Waals surface area contributed by atoms with E-state index in [4.69, 9.17) is 4.74 Å². The maximum atomic E-state index is 5.69. The number of thiophene rings is 1. The SMILES string of the molecule is C[C@@H]1CN([C@H](CNCc2cccn2C)c2cccs2)CCO1. The van der Waals surface area contributed by atoms with Gasteiger partial charge in [-0.1, -0.05) is 6.07 Å². The van der Waals surface area contributed by atoms with Gasteiger partial charge >= 0.3 is 0 Å². The molecule has 4 nitrogen and oxygen atoms in total. The van der Waals surface area contributed by atoms with Gasteiger partial charge in [0.2, 0.25) is 0 Å². The first-order chi connectivity index (χ1) is 10.7. The number of aromatic nitrogens is 1. The fourth-order valence-electron chi connectivity index (χ4n) is 3.04. The molecule has 1 aliphatic rings. The number of hydrogen-bond acceptors (Lipinski definition) is 4. The normalized spacial score (nSPS) is 21.1. The predicted molar refractivity (Wildman–Crippen MR) is 91.2 cm³/mol. The smallest absolute Gasteiger partial charge is 0.0674 e. The molecular formula is C17H25N3OS. The molecule has 2 atom stereocenters. The van der Waals surface area contributed by atoms with Crippen LogP contribution < -0.4 is 5.32 Å². The highest BCUT2D eigenvalue weighted by Gasteiger charge is 2.25. The molecule has 5 heteroatoms. The minimum Gasteiger partial charge on any atom is -0.376 e. The minimum absolute atomic E-state index is 0.323. The van der Waals surface area contributed by atoms with Crippen LogP contribution in [-0.2, 0) is 18.3 Å². The zero-order chi connectivity index (χ0) is 15.4. The largest absolute Gasteiger partial charge is 0.376 e. The van der Waals surface area contributed by atoms with Crippen LogP contribution in [0.4, 0.5) is 0 Å². The quantitative estimate of drug-likeness (QED) is 0.887. The maximum Gasteiger partial charge on any atom is 0.0674 e. The van der Waals surface area contributed by atoms with Gasteiger partial charge in [-0.2, -0.15) is 0 Å². The molecule has 0 aromatic carbocycles. The molecule has 0 spiro atoms. The summed E-state index contributed by atoms with van der Waals surface area (Å²) in [6.07, 6.45) is 2.42. The van der Waals surface area contributed by atoms with Crippen LogP contribution in [0, 0.1) is 0 Å². The molecule has 0 bridgehead atoms. The lowest BCUT2D eigenvalue weighted by atomic mass is 10.1. The summed E-state index contributed by atoms with van der Waals surface area (Å²) in [5.74, 6) is 0. The van der Waals surface area contributed by atoms with E-state index in [2.05, 4.69) is 64.6 Å². The van der Waals surface area contributed by atoms with Crippen LogP contribution in [0.1, 0.15) is 23.5 Å². The highest BCUT2D eigenvalue weighted by molar-refractivity contribution is 7.10. The topological polar surface area (TPSA) is 29.4 Å². The summed E-state index contributed by atoms with van der Waals surface area (Å²) < 4.78 is 7.86. The van der Waals surface area contributed by atoms with Gasteiger partial charge in [0, 0.05) is 50.0 Å². The van der Waals surface area contributed by atoms with Crippen LogP contribution in [0.3, 0.4) is 0 Å². The lowest BCUT2D eigenvalue weighted by Crippen LogP contribution is -2.45. The van der Waals surface area contributed by atoms with E-state index in [-0.39, 0.29) is 0 Å². The molecule has 2 aromatic rings. The van der Waals surface area contributed by atoms with Crippen molar-refractivity contribution < 1.29 is 4.74 Å². The van der Waals surface area contributed by atoms with E-state index < -0.39 is 0 Å². The van der Waals surface area contributed by atoms with Crippen LogP contribution in [0.5, 0.6) is 0 Å². The molecule has 0 unspecified atom stereocenters. The Balaban J connectivity index is 1.63. The molecule has 3 rings (SSSR count). The summed E-state index contributed by atoms with van der Waals surface area (Å²) in [7, 11) is 2.09. The van der Waals surface area contributed by atoms with Gasteiger partial charge in [0.15, 0.2) is 0 Å². The number of aryl methyl sites for hydroxylation is 1. The van der Waals surface area contributed by atoms with Crippen molar-refractivity contribution in [2.45, 2.75) is 25.6 Å². The standard InChI is InChI=1S/C17H25N3OS/c1-14-13-20(8-9-21-14)16(17-6-4-10-22-17)12-18-11-15-5-3-7-19(15)2/h3-7,10,14,16,18H,8-9,11-13H2,1-2H3/t14-,16-/m1/s1.